The molecular formula is C21H40NaO18P. The minimum atomic E-state index is -3.32. The van der Waals surface area contributed by atoms with Crippen molar-refractivity contribution in [3.05, 3.63) is 0 Å². The molecule has 0 spiro atoms. The predicted molar refractivity (Wildman–Crippen MR) is 133 cm³/mol. The zero-order valence-corrected chi connectivity index (χ0v) is 22.2. The SMILES string of the molecule is O=[PH](O)OCC1OC(CCCOC2OC(CO)C(OC3OC(CO)C(O)C(O)C3O)C(O)C2O)C(O)C(O)C1O.[NaH]. The van der Waals surface area contributed by atoms with Gasteiger partial charge in [-0.1, -0.05) is 0 Å². The number of aliphatic hydroxyl groups excluding tert-OH is 10. The first-order valence-corrected chi connectivity index (χ1v) is 13.9. The molecule has 41 heavy (non-hydrogen) atoms. The second-order valence-electron chi connectivity index (χ2n) is 9.78. The Morgan fingerprint density at radius 2 is 1.17 bits per heavy atom. The van der Waals surface area contributed by atoms with Gasteiger partial charge in [0, 0.05) is 6.61 Å². The number of aliphatic hydroxyl groups is 10. The van der Waals surface area contributed by atoms with Crippen LogP contribution in [0.1, 0.15) is 12.8 Å². The third-order valence-electron chi connectivity index (χ3n) is 7.06. The van der Waals surface area contributed by atoms with E-state index in [1.165, 1.54) is 0 Å². The Hall–Kier alpha value is 0.550. The number of rotatable bonds is 12. The van der Waals surface area contributed by atoms with Crippen molar-refractivity contribution >= 4 is 37.8 Å². The molecule has 16 atom stereocenters. The topological polar surface area (TPSA) is 295 Å². The normalized spacial score (nSPS) is 46.1. The van der Waals surface area contributed by atoms with Gasteiger partial charge in [0.2, 0.25) is 0 Å². The Morgan fingerprint density at radius 3 is 1.78 bits per heavy atom. The predicted octanol–water partition coefficient (Wildman–Crippen LogP) is -6.99. The van der Waals surface area contributed by atoms with Gasteiger partial charge in [-0.05, 0) is 12.8 Å². The standard InChI is InChI=1S/C21H39O18P.Na.H/c22-4-8-12(25)15(28)17(30)21(37-8)39-19-9(5-23)38-20(18(31)16(19)29)34-3-1-2-7-11(24)14(27)13(26)10(36-7)6-35-40(32)33;;/h7-31,40H,1-6H2,(H,32,33);;. The Bertz CT molecular complexity index is 797. The summed E-state index contributed by atoms with van der Waals surface area (Å²) >= 11 is 0. The van der Waals surface area contributed by atoms with Crippen molar-refractivity contribution in [3.8, 4) is 0 Å². The fourth-order valence-corrected chi connectivity index (χ4v) is 5.04. The van der Waals surface area contributed by atoms with Crippen molar-refractivity contribution in [2.75, 3.05) is 26.4 Å². The number of ether oxygens (including phenoxy) is 5. The molecule has 0 aromatic carbocycles. The van der Waals surface area contributed by atoms with Gasteiger partial charge >= 0.3 is 37.8 Å². The van der Waals surface area contributed by atoms with Gasteiger partial charge in [-0.3, -0.25) is 4.57 Å². The second kappa shape index (κ2) is 17.3. The van der Waals surface area contributed by atoms with Crippen LogP contribution in [0.25, 0.3) is 0 Å². The molecule has 20 heteroatoms. The average Bonchev–Trinajstić information content (AvgIpc) is 2.93. The Balaban J connectivity index is 0.00000588. The van der Waals surface area contributed by atoms with E-state index in [0.717, 1.165) is 0 Å². The number of hydrogen-bond acceptors (Lipinski definition) is 17. The summed E-state index contributed by atoms with van der Waals surface area (Å²) in [5, 5.41) is 101. The molecule has 16 unspecified atom stereocenters. The fraction of sp³-hybridized carbons (Fsp3) is 1.00. The van der Waals surface area contributed by atoms with Crippen LogP contribution in [0.4, 0.5) is 0 Å². The van der Waals surface area contributed by atoms with Crippen LogP contribution in [-0.4, -0.2) is 204 Å². The van der Waals surface area contributed by atoms with Crippen LogP contribution in [0.5, 0.6) is 0 Å². The van der Waals surface area contributed by atoms with E-state index in [4.69, 9.17) is 28.6 Å². The van der Waals surface area contributed by atoms with Crippen LogP contribution in [-0.2, 0) is 32.8 Å². The molecule has 18 nitrogen and oxygen atoms in total. The maximum atomic E-state index is 10.8. The summed E-state index contributed by atoms with van der Waals surface area (Å²) < 4.78 is 42.5. The molecular weight excluding hydrogens is 594 g/mol. The van der Waals surface area contributed by atoms with E-state index >= 15 is 0 Å². The number of hydrogen-bond donors (Lipinski definition) is 11. The van der Waals surface area contributed by atoms with Gasteiger partial charge in [0.25, 0.3) is 0 Å². The molecule has 238 valence electrons. The summed E-state index contributed by atoms with van der Waals surface area (Å²) in [6, 6.07) is 0. The van der Waals surface area contributed by atoms with Crippen LogP contribution < -0.4 is 0 Å². The van der Waals surface area contributed by atoms with Crippen LogP contribution >= 0.6 is 8.25 Å². The van der Waals surface area contributed by atoms with E-state index in [0.29, 0.717) is 0 Å². The van der Waals surface area contributed by atoms with Crippen molar-refractivity contribution < 1.29 is 88.7 Å². The van der Waals surface area contributed by atoms with Crippen molar-refractivity contribution in [2.24, 2.45) is 0 Å². The van der Waals surface area contributed by atoms with Gasteiger partial charge < -0.3 is 84.2 Å². The Morgan fingerprint density at radius 1 is 0.634 bits per heavy atom. The monoisotopic (exact) mass is 634 g/mol. The fourth-order valence-electron chi connectivity index (χ4n) is 4.73. The summed E-state index contributed by atoms with van der Waals surface area (Å²) in [6.45, 7) is -2.10. The molecule has 0 aromatic rings. The van der Waals surface area contributed by atoms with Crippen LogP contribution in [0.15, 0.2) is 0 Å². The van der Waals surface area contributed by atoms with E-state index in [1.807, 2.05) is 0 Å². The molecule has 0 bridgehead atoms. The zero-order chi connectivity index (χ0) is 29.7. The van der Waals surface area contributed by atoms with Crippen molar-refractivity contribution in [1.29, 1.82) is 0 Å². The van der Waals surface area contributed by atoms with E-state index in [-0.39, 0.29) is 49.0 Å². The molecule has 0 amide bonds. The summed E-state index contributed by atoms with van der Waals surface area (Å²) in [4.78, 5) is 8.82. The first-order chi connectivity index (χ1) is 18.9. The van der Waals surface area contributed by atoms with Crippen LogP contribution in [0, 0.1) is 0 Å². The van der Waals surface area contributed by atoms with Gasteiger partial charge in [0.1, 0.15) is 73.2 Å². The molecule has 3 rings (SSSR count). The average molecular weight is 634 g/mol. The van der Waals surface area contributed by atoms with Crippen LogP contribution in [0.3, 0.4) is 0 Å². The molecule has 0 saturated carbocycles. The molecule has 0 aromatic heterocycles. The van der Waals surface area contributed by atoms with Gasteiger partial charge in [-0.25, -0.2) is 0 Å². The summed E-state index contributed by atoms with van der Waals surface area (Å²) in [6.07, 6.45) is -22.6. The van der Waals surface area contributed by atoms with Crippen molar-refractivity contribution in [2.45, 2.75) is 105 Å². The molecule has 3 aliphatic rings. The third kappa shape index (κ3) is 9.29. The first-order valence-electron chi connectivity index (χ1n) is 12.7. The van der Waals surface area contributed by atoms with Crippen molar-refractivity contribution in [1.82, 2.24) is 0 Å². The molecule has 3 fully saturated rings. The van der Waals surface area contributed by atoms with Crippen LogP contribution in [0.2, 0.25) is 0 Å². The summed E-state index contributed by atoms with van der Waals surface area (Å²) in [5.41, 5.74) is 0. The van der Waals surface area contributed by atoms with E-state index in [9.17, 15) is 55.6 Å². The quantitative estimate of drug-likeness (QED) is 0.0540. The van der Waals surface area contributed by atoms with E-state index in [1.54, 1.807) is 0 Å². The second-order valence-corrected chi connectivity index (χ2v) is 10.6. The van der Waals surface area contributed by atoms with Gasteiger partial charge in [-0.2, -0.15) is 0 Å². The molecule has 0 radical (unpaired) electrons. The summed E-state index contributed by atoms with van der Waals surface area (Å²) in [7, 11) is -3.32. The molecule has 3 saturated heterocycles. The maximum absolute atomic E-state index is 10.8. The summed E-state index contributed by atoms with van der Waals surface area (Å²) in [5.74, 6) is 0. The zero-order valence-electron chi connectivity index (χ0n) is 21.2. The van der Waals surface area contributed by atoms with Gasteiger partial charge in [-0.15, -0.1) is 0 Å². The molecule has 0 aliphatic carbocycles. The molecule has 3 heterocycles. The Labute approximate surface area is 257 Å². The first kappa shape index (κ1) is 37.7. The minimum absolute atomic E-state index is 0. The molecule has 11 N–H and O–H groups in total. The van der Waals surface area contributed by atoms with Gasteiger partial charge in [0.15, 0.2) is 12.6 Å². The van der Waals surface area contributed by atoms with E-state index < -0.39 is 120 Å². The Kier molecular flexibility index (Phi) is 15.9. The van der Waals surface area contributed by atoms with Gasteiger partial charge in [0.05, 0.1) is 25.9 Å². The van der Waals surface area contributed by atoms with E-state index in [2.05, 4.69) is 4.52 Å². The molecule has 3 aliphatic heterocycles. The third-order valence-corrected chi connectivity index (χ3v) is 7.47. The van der Waals surface area contributed by atoms with Crippen molar-refractivity contribution in [3.63, 3.8) is 0 Å².